The highest BCUT2D eigenvalue weighted by Gasteiger charge is 2.18. The van der Waals surface area contributed by atoms with Gasteiger partial charge in [0.05, 0.1) is 12.7 Å². The SMILES string of the molecule is O=C(COC1CCOC1)Oc1ccccc1-c1ccccc1. The van der Waals surface area contributed by atoms with Crippen molar-refractivity contribution in [1.82, 2.24) is 0 Å². The predicted molar refractivity (Wildman–Crippen MR) is 82.7 cm³/mol. The smallest absolute Gasteiger partial charge is 0.337 e. The third kappa shape index (κ3) is 3.72. The lowest BCUT2D eigenvalue weighted by Gasteiger charge is -2.12. The number of ether oxygens (including phenoxy) is 3. The van der Waals surface area contributed by atoms with Crippen LogP contribution in [0.5, 0.6) is 5.75 Å². The van der Waals surface area contributed by atoms with Crippen LogP contribution in [0.4, 0.5) is 0 Å². The first-order valence-electron chi connectivity index (χ1n) is 7.37. The molecule has 2 aromatic carbocycles. The van der Waals surface area contributed by atoms with Crippen LogP contribution in [0.25, 0.3) is 11.1 Å². The summed E-state index contributed by atoms with van der Waals surface area (Å²) in [4.78, 5) is 12.0. The first-order valence-corrected chi connectivity index (χ1v) is 7.37. The zero-order valence-corrected chi connectivity index (χ0v) is 12.2. The Morgan fingerprint density at radius 3 is 2.64 bits per heavy atom. The fraction of sp³-hybridized carbons (Fsp3) is 0.278. The summed E-state index contributed by atoms with van der Waals surface area (Å²) >= 11 is 0. The summed E-state index contributed by atoms with van der Waals surface area (Å²) in [6.07, 6.45) is 0.824. The van der Waals surface area contributed by atoms with Crippen LogP contribution in [0.1, 0.15) is 6.42 Å². The molecule has 0 aromatic heterocycles. The lowest BCUT2D eigenvalue weighted by Crippen LogP contribution is -2.22. The van der Waals surface area contributed by atoms with Gasteiger partial charge in [-0.05, 0) is 18.1 Å². The van der Waals surface area contributed by atoms with Gasteiger partial charge in [-0.15, -0.1) is 0 Å². The van der Waals surface area contributed by atoms with Gasteiger partial charge in [-0.2, -0.15) is 0 Å². The summed E-state index contributed by atoms with van der Waals surface area (Å²) in [6, 6.07) is 17.3. The van der Waals surface area contributed by atoms with Gasteiger partial charge >= 0.3 is 5.97 Å². The summed E-state index contributed by atoms with van der Waals surface area (Å²) in [5.41, 5.74) is 1.90. The zero-order valence-electron chi connectivity index (χ0n) is 12.2. The normalized spacial score (nSPS) is 17.4. The van der Waals surface area contributed by atoms with E-state index in [0.717, 1.165) is 17.5 Å². The highest BCUT2D eigenvalue weighted by molar-refractivity contribution is 5.78. The molecule has 3 rings (SSSR count). The van der Waals surface area contributed by atoms with Gasteiger partial charge in [0.25, 0.3) is 0 Å². The Kier molecular flexibility index (Phi) is 4.83. The van der Waals surface area contributed by atoms with E-state index < -0.39 is 5.97 Å². The van der Waals surface area contributed by atoms with E-state index in [1.165, 1.54) is 0 Å². The number of esters is 1. The third-order valence-corrected chi connectivity index (χ3v) is 3.52. The molecule has 22 heavy (non-hydrogen) atoms. The van der Waals surface area contributed by atoms with Crippen LogP contribution in [0.2, 0.25) is 0 Å². The van der Waals surface area contributed by atoms with Crippen molar-refractivity contribution in [2.45, 2.75) is 12.5 Å². The molecule has 0 amide bonds. The van der Waals surface area contributed by atoms with Gasteiger partial charge in [0.1, 0.15) is 12.4 Å². The fourth-order valence-electron chi connectivity index (χ4n) is 2.39. The molecule has 0 saturated carbocycles. The van der Waals surface area contributed by atoms with E-state index in [2.05, 4.69) is 0 Å². The van der Waals surface area contributed by atoms with E-state index in [9.17, 15) is 4.79 Å². The van der Waals surface area contributed by atoms with Crippen molar-refractivity contribution in [3.8, 4) is 16.9 Å². The zero-order chi connectivity index (χ0) is 15.2. The molecule has 1 aliphatic heterocycles. The molecule has 0 aliphatic carbocycles. The maximum absolute atomic E-state index is 12.0. The second kappa shape index (κ2) is 7.20. The molecule has 1 saturated heterocycles. The first kappa shape index (κ1) is 14.8. The Balaban J connectivity index is 1.66. The molecular weight excluding hydrogens is 280 g/mol. The monoisotopic (exact) mass is 298 g/mol. The highest BCUT2D eigenvalue weighted by atomic mass is 16.6. The van der Waals surface area contributed by atoms with E-state index in [4.69, 9.17) is 14.2 Å². The van der Waals surface area contributed by atoms with Crippen molar-refractivity contribution < 1.29 is 19.0 Å². The number of hydrogen-bond acceptors (Lipinski definition) is 4. The quantitative estimate of drug-likeness (QED) is 0.628. The van der Waals surface area contributed by atoms with E-state index in [0.29, 0.717) is 19.0 Å². The number of rotatable bonds is 5. The molecule has 1 heterocycles. The molecule has 1 atom stereocenters. The molecule has 0 bridgehead atoms. The van der Waals surface area contributed by atoms with Gasteiger partial charge in [0.2, 0.25) is 0 Å². The summed E-state index contributed by atoms with van der Waals surface area (Å²) < 4.78 is 16.1. The Morgan fingerprint density at radius 1 is 1.09 bits per heavy atom. The van der Waals surface area contributed by atoms with Gasteiger partial charge < -0.3 is 14.2 Å². The Morgan fingerprint density at radius 2 is 1.86 bits per heavy atom. The summed E-state index contributed by atoms with van der Waals surface area (Å²) in [7, 11) is 0. The number of hydrogen-bond donors (Lipinski definition) is 0. The molecule has 1 aliphatic rings. The van der Waals surface area contributed by atoms with Crippen LogP contribution in [0.3, 0.4) is 0 Å². The van der Waals surface area contributed by atoms with Crippen LogP contribution in [-0.2, 0) is 14.3 Å². The van der Waals surface area contributed by atoms with Gasteiger partial charge in [-0.25, -0.2) is 4.79 Å². The van der Waals surface area contributed by atoms with E-state index in [1.54, 1.807) is 6.07 Å². The van der Waals surface area contributed by atoms with Crippen molar-refractivity contribution >= 4 is 5.97 Å². The largest absolute Gasteiger partial charge is 0.424 e. The van der Waals surface area contributed by atoms with Crippen LogP contribution >= 0.6 is 0 Å². The minimum Gasteiger partial charge on any atom is -0.424 e. The molecule has 4 heteroatoms. The van der Waals surface area contributed by atoms with Gasteiger partial charge in [-0.1, -0.05) is 48.5 Å². The summed E-state index contributed by atoms with van der Waals surface area (Å²) in [5, 5.41) is 0. The Labute approximate surface area is 129 Å². The average molecular weight is 298 g/mol. The molecule has 1 unspecified atom stereocenters. The van der Waals surface area contributed by atoms with Crippen LogP contribution in [0.15, 0.2) is 54.6 Å². The predicted octanol–water partition coefficient (Wildman–Crippen LogP) is 3.06. The minimum absolute atomic E-state index is 0.00285. The molecule has 1 fully saturated rings. The average Bonchev–Trinajstić information content (AvgIpc) is 3.08. The van der Waals surface area contributed by atoms with E-state index in [-0.39, 0.29) is 12.7 Å². The van der Waals surface area contributed by atoms with Crippen molar-refractivity contribution in [3.63, 3.8) is 0 Å². The molecule has 4 nitrogen and oxygen atoms in total. The number of carbonyl (C=O) groups excluding carboxylic acids is 1. The van der Waals surface area contributed by atoms with E-state index in [1.807, 2.05) is 48.5 Å². The second-order valence-corrected chi connectivity index (χ2v) is 5.13. The van der Waals surface area contributed by atoms with Crippen molar-refractivity contribution in [1.29, 1.82) is 0 Å². The molecule has 0 N–H and O–H groups in total. The maximum Gasteiger partial charge on any atom is 0.337 e. The van der Waals surface area contributed by atoms with Crippen LogP contribution < -0.4 is 4.74 Å². The summed E-state index contributed by atoms with van der Waals surface area (Å²) in [6.45, 7) is 1.18. The number of carbonyl (C=O) groups is 1. The fourth-order valence-corrected chi connectivity index (χ4v) is 2.39. The molecular formula is C18H18O4. The van der Waals surface area contributed by atoms with Crippen LogP contribution in [-0.4, -0.2) is 31.9 Å². The maximum atomic E-state index is 12.0. The highest BCUT2D eigenvalue weighted by Crippen LogP contribution is 2.29. The lowest BCUT2D eigenvalue weighted by molar-refractivity contribution is -0.141. The Hall–Kier alpha value is -2.17. The van der Waals surface area contributed by atoms with E-state index >= 15 is 0 Å². The van der Waals surface area contributed by atoms with Gasteiger partial charge in [0.15, 0.2) is 0 Å². The van der Waals surface area contributed by atoms with Gasteiger partial charge in [-0.3, -0.25) is 0 Å². The molecule has 0 radical (unpaired) electrons. The summed E-state index contributed by atoms with van der Waals surface area (Å²) in [5.74, 6) is 0.153. The molecule has 2 aromatic rings. The molecule has 0 spiro atoms. The lowest BCUT2D eigenvalue weighted by atomic mass is 10.1. The Bertz CT molecular complexity index is 618. The van der Waals surface area contributed by atoms with Gasteiger partial charge in [0, 0.05) is 12.2 Å². The van der Waals surface area contributed by atoms with Crippen molar-refractivity contribution in [2.24, 2.45) is 0 Å². The number of benzene rings is 2. The second-order valence-electron chi connectivity index (χ2n) is 5.13. The minimum atomic E-state index is -0.393. The van der Waals surface area contributed by atoms with Crippen molar-refractivity contribution in [2.75, 3.05) is 19.8 Å². The topological polar surface area (TPSA) is 44.8 Å². The molecule has 114 valence electrons. The van der Waals surface area contributed by atoms with Crippen LogP contribution in [0, 0.1) is 0 Å². The number of para-hydroxylation sites is 1. The van der Waals surface area contributed by atoms with Crippen molar-refractivity contribution in [3.05, 3.63) is 54.6 Å². The standard InChI is InChI=1S/C18H18O4/c19-18(13-21-15-10-11-20-12-15)22-17-9-5-4-8-16(17)14-6-2-1-3-7-14/h1-9,15H,10-13H2. The third-order valence-electron chi connectivity index (χ3n) is 3.52. The first-order chi connectivity index (χ1) is 10.8.